The Balaban J connectivity index is 1.99. The molecule has 1 aliphatic heterocycles. The number of nitrogens with one attached hydrogen (secondary N) is 1. The van der Waals surface area contributed by atoms with Gasteiger partial charge in [-0.15, -0.1) is 0 Å². The summed E-state index contributed by atoms with van der Waals surface area (Å²) < 4.78 is 6.80. The summed E-state index contributed by atoms with van der Waals surface area (Å²) in [4.78, 5) is 2.49. The molecule has 1 saturated heterocycles. The molecule has 4 heteroatoms. The highest BCUT2D eigenvalue weighted by atomic mass is 79.9. The molecule has 0 amide bonds. The number of piperidine rings is 1. The topological polar surface area (TPSA) is 24.5 Å². The standard InChI is InChI=1S/C16H25BrN2O/c1-12-6-7-19(11-16(12)20-3)10-14-5-4-13(9-18-2)8-15(14)17/h4-5,8,12,16,18H,6-7,9-11H2,1-3H3. The maximum absolute atomic E-state index is 5.59. The summed E-state index contributed by atoms with van der Waals surface area (Å²) in [6.45, 7) is 6.38. The second kappa shape index (κ2) is 7.55. The van der Waals surface area contributed by atoms with Gasteiger partial charge >= 0.3 is 0 Å². The third-order valence-corrected chi connectivity index (χ3v) is 4.91. The molecule has 1 aliphatic rings. The molecule has 1 aromatic carbocycles. The van der Waals surface area contributed by atoms with E-state index >= 15 is 0 Å². The maximum Gasteiger partial charge on any atom is 0.0724 e. The summed E-state index contributed by atoms with van der Waals surface area (Å²) in [5.74, 6) is 0.665. The molecule has 2 unspecified atom stereocenters. The van der Waals surface area contributed by atoms with Gasteiger partial charge in [0.15, 0.2) is 0 Å². The lowest BCUT2D eigenvalue weighted by molar-refractivity contribution is -0.00750. The van der Waals surface area contributed by atoms with Crippen LogP contribution in [0, 0.1) is 5.92 Å². The first-order chi connectivity index (χ1) is 9.63. The third kappa shape index (κ3) is 4.04. The second-order valence-electron chi connectivity index (χ2n) is 5.73. The summed E-state index contributed by atoms with van der Waals surface area (Å²) in [6, 6.07) is 6.65. The number of rotatable bonds is 5. The minimum Gasteiger partial charge on any atom is -0.380 e. The van der Waals surface area contributed by atoms with E-state index in [1.54, 1.807) is 0 Å². The minimum absolute atomic E-state index is 0.367. The Bertz CT molecular complexity index is 438. The van der Waals surface area contributed by atoms with Crippen LogP contribution in [-0.2, 0) is 17.8 Å². The molecule has 0 aromatic heterocycles. The molecule has 2 atom stereocenters. The quantitative estimate of drug-likeness (QED) is 0.891. The fraction of sp³-hybridized carbons (Fsp3) is 0.625. The Morgan fingerprint density at radius 3 is 2.90 bits per heavy atom. The van der Waals surface area contributed by atoms with Crippen LogP contribution >= 0.6 is 15.9 Å². The molecule has 0 aliphatic carbocycles. The average molecular weight is 341 g/mol. The van der Waals surface area contributed by atoms with Crippen molar-refractivity contribution < 1.29 is 4.74 Å². The number of likely N-dealkylation sites (tertiary alicyclic amines) is 1. The molecule has 1 heterocycles. The van der Waals surface area contributed by atoms with Crippen LogP contribution in [-0.4, -0.2) is 38.3 Å². The van der Waals surface area contributed by atoms with Gasteiger partial charge in [-0.25, -0.2) is 0 Å². The highest BCUT2D eigenvalue weighted by Gasteiger charge is 2.26. The number of hydrogen-bond donors (Lipinski definition) is 1. The van der Waals surface area contributed by atoms with Gasteiger partial charge in [-0.2, -0.15) is 0 Å². The van der Waals surface area contributed by atoms with E-state index in [4.69, 9.17) is 4.74 Å². The zero-order valence-electron chi connectivity index (χ0n) is 12.7. The largest absolute Gasteiger partial charge is 0.380 e. The molecule has 3 nitrogen and oxygen atoms in total. The van der Waals surface area contributed by atoms with E-state index in [-0.39, 0.29) is 0 Å². The SMILES string of the molecule is CNCc1ccc(CN2CCC(C)C(OC)C2)c(Br)c1. The Morgan fingerprint density at radius 2 is 2.25 bits per heavy atom. The van der Waals surface area contributed by atoms with E-state index in [2.05, 4.69) is 51.3 Å². The summed E-state index contributed by atoms with van der Waals surface area (Å²) in [6.07, 6.45) is 1.58. The first-order valence-corrected chi connectivity index (χ1v) is 8.10. The normalized spacial score (nSPS) is 24.0. The first-order valence-electron chi connectivity index (χ1n) is 7.31. The number of ether oxygens (including phenoxy) is 1. The van der Waals surface area contributed by atoms with Crippen LogP contribution in [0.4, 0.5) is 0 Å². The zero-order chi connectivity index (χ0) is 14.5. The minimum atomic E-state index is 0.367. The number of nitrogens with zero attached hydrogens (tertiary/aromatic N) is 1. The monoisotopic (exact) mass is 340 g/mol. The van der Waals surface area contributed by atoms with E-state index in [1.165, 1.54) is 22.0 Å². The van der Waals surface area contributed by atoms with Gasteiger partial charge in [0.25, 0.3) is 0 Å². The van der Waals surface area contributed by atoms with Gasteiger partial charge in [-0.05, 0) is 43.1 Å². The van der Waals surface area contributed by atoms with Gasteiger partial charge in [-0.3, -0.25) is 4.90 Å². The molecule has 0 saturated carbocycles. The molecule has 0 bridgehead atoms. The van der Waals surface area contributed by atoms with Gasteiger partial charge in [0.1, 0.15) is 0 Å². The van der Waals surface area contributed by atoms with Crippen LogP contribution < -0.4 is 5.32 Å². The van der Waals surface area contributed by atoms with Crippen molar-refractivity contribution in [1.82, 2.24) is 10.2 Å². The third-order valence-electron chi connectivity index (χ3n) is 4.17. The van der Waals surface area contributed by atoms with Gasteiger partial charge in [0.05, 0.1) is 6.10 Å². The van der Waals surface area contributed by atoms with E-state index < -0.39 is 0 Å². The fourth-order valence-corrected chi connectivity index (χ4v) is 3.37. The lowest BCUT2D eigenvalue weighted by atomic mass is 9.95. The van der Waals surface area contributed by atoms with Crippen molar-refractivity contribution in [3.63, 3.8) is 0 Å². The number of hydrogen-bond acceptors (Lipinski definition) is 3. The van der Waals surface area contributed by atoms with E-state index in [1.807, 2.05) is 14.2 Å². The van der Waals surface area contributed by atoms with Gasteiger partial charge in [-0.1, -0.05) is 35.0 Å². The van der Waals surface area contributed by atoms with Crippen molar-refractivity contribution in [2.45, 2.75) is 32.5 Å². The summed E-state index contributed by atoms with van der Waals surface area (Å²) >= 11 is 3.70. The van der Waals surface area contributed by atoms with Gasteiger partial charge < -0.3 is 10.1 Å². The smallest absolute Gasteiger partial charge is 0.0724 e. The summed E-state index contributed by atoms with van der Waals surface area (Å²) in [5, 5.41) is 3.18. The van der Waals surface area contributed by atoms with Gasteiger partial charge in [0, 0.05) is 31.2 Å². The molecule has 1 N–H and O–H groups in total. The van der Waals surface area contributed by atoms with Crippen LogP contribution in [0.5, 0.6) is 0 Å². The molecular weight excluding hydrogens is 316 g/mol. The first kappa shape index (κ1) is 16.0. The molecule has 1 fully saturated rings. The Kier molecular flexibility index (Phi) is 6.02. The highest BCUT2D eigenvalue weighted by Crippen LogP contribution is 2.24. The van der Waals surface area contributed by atoms with Crippen LogP contribution in [0.25, 0.3) is 0 Å². The predicted octanol–water partition coefficient (Wildman–Crippen LogP) is 3.03. The van der Waals surface area contributed by atoms with Crippen molar-refractivity contribution in [1.29, 1.82) is 0 Å². The van der Waals surface area contributed by atoms with Crippen LogP contribution in [0.3, 0.4) is 0 Å². The summed E-state index contributed by atoms with van der Waals surface area (Å²) in [5.41, 5.74) is 2.67. The molecule has 2 rings (SSSR count). The Labute approximate surface area is 130 Å². The van der Waals surface area contributed by atoms with Crippen molar-refractivity contribution in [2.24, 2.45) is 5.92 Å². The van der Waals surface area contributed by atoms with Crippen molar-refractivity contribution >= 4 is 15.9 Å². The van der Waals surface area contributed by atoms with Crippen molar-refractivity contribution in [2.75, 3.05) is 27.2 Å². The van der Waals surface area contributed by atoms with Crippen molar-refractivity contribution in [3.05, 3.63) is 33.8 Å². The van der Waals surface area contributed by atoms with Gasteiger partial charge in [0.2, 0.25) is 0 Å². The predicted molar refractivity (Wildman–Crippen MR) is 86.8 cm³/mol. The van der Waals surface area contributed by atoms with E-state index in [9.17, 15) is 0 Å². The maximum atomic E-state index is 5.59. The molecule has 112 valence electrons. The zero-order valence-corrected chi connectivity index (χ0v) is 14.2. The number of benzene rings is 1. The van der Waals surface area contributed by atoms with E-state index in [0.29, 0.717) is 12.0 Å². The number of halogens is 1. The molecule has 0 spiro atoms. The molecule has 0 radical (unpaired) electrons. The average Bonchev–Trinajstić information content (AvgIpc) is 2.44. The molecule has 1 aromatic rings. The van der Waals surface area contributed by atoms with Crippen LogP contribution in [0.15, 0.2) is 22.7 Å². The lowest BCUT2D eigenvalue weighted by Crippen LogP contribution is -2.43. The number of methoxy groups -OCH3 is 1. The Morgan fingerprint density at radius 1 is 1.45 bits per heavy atom. The van der Waals surface area contributed by atoms with Crippen LogP contribution in [0.1, 0.15) is 24.5 Å². The van der Waals surface area contributed by atoms with Crippen molar-refractivity contribution in [3.8, 4) is 0 Å². The lowest BCUT2D eigenvalue weighted by Gasteiger charge is -2.36. The second-order valence-corrected chi connectivity index (χ2v) is 6.59. The molecule has 20 heavy (non-hydrogen) atoms. The summed E-state index contributed by atoms with van der Waals surface area (Å²) in [7, 11) is 3.80. The van der Waals surface area contributed by atoms with E-state index in [0.717, 1.165) is 26.2 Å². The molecular formula is C16H25BrN2O. The fourth-order valence-electron chi connectivity index (χ4n) is 2.82. The van der Waals surface area contributed by atoms with Crippen LogP contribution in [0.2, 0.25) is 0 Å². The highest BCUT2D eigenvalue weighted by molar-refractivity contribution is 9.10. The Hall–Kier alpha value is -0.420.